The first-order chi connectivity index (χ1) is 17.7. The number of nitrogens with one attached hydrogen (secondary N) is 1. The van der Waals surface area contributed by atoms with Crippen LogP contribution in [-0.2, 0) is 26.2 Å². The number of hydrogen-bond acceptors (Lipinski definition) is 5. The van der Waals surface area contributed by atoms with Gasteiger partial charge in [-0.05, 0) is 42.0 Å². The number of methoxy groups -OCH3 is 1. The van der Waals surface area contributed by atoms with E-state index in [4.69, 9.17) is 4.74 Å². The largest absolute Gasteiger partial charge is 0.497 e. The predicted molar refractivity (Wildman–Crippen MR) is 147 cm³/mol. The molecule has 3 aromatic carbocycles. The number of benzene rings is 3. The second kappa shape index (κ2) is 12.6. The Balaban J connectivity index is 2.00. The number of fused-ring (bicyclic) bond motifs is 1. The predicted octanol–water partition coefficient (Wildman–Crippen LogP) is 3.95. The van der Waals surface area contributed by atoms with Gasteiger partial charge in [0, 0.05) is 18.5 Å². The number of nitrogens with zero attached hydrogens (tertiary/aromatic N) is 2. The maximum absolute atomic E-state index is 13.8. The summed E-state index contributed by atoms with van der Waals surface area (Å²) in [6.45, 7) is 4.00. The van der Waals surface area contributed by atoms with E-state index in [2.05, 4.69) is 5.32 Å². The van der Waals surface area contributed by atoms with Crippen LogP contribution in [0.2, 0.25) is 0 Å². The molecular weight excluding hydrogens is 490 g/mol. The first kappa shape index (κ1) is 28.0. The summed E-state index contributed by atoms with van der Waals surface area (Å²) in [4.78, 5) is 28.3. The first-order valence-electron chi connectivity index (χ1n) is 12.3. The average molecular weight is 526 g/mol. The van der Waals surface area contributed by atoms with Gasteiger partial charge in [-0.2, -0.15) is 0 Å². The number of ether oxygens (including phenoxy) is 1. The van der Waals surface area contributed by atoms with Crippen molar-refractivity contribution in [2.75, 3.05) is 30.8 Å². The standard InChI is InChI=1S/C28H35N3O5S/c1-5-18-29-28(33)25(6-2)30(19-21-14-16-23(36-3)17-15-21)27(32)20-31(37(4,34)35)26-13-9-11-22-10-7-8-12-24(22)26/h7-17,25H,5-6,18-20H2,1-4H3,(H,29,33)/t25-/m0/s1. The molecule has 8 nitrogen and oxygen atoms in total. The molecule has 3 rings (SSSR count). The maximum Gasteiger partial charge on any atom is 0.244 e. The lowest BCUT2D eigenvalue weighted by Gasteiger charge is -2.33. The number of rotatable bonds is 12. The molecule has 0 radical (unpaired) electrons. The average Bonchev–Trinajstić information content (AvgIpc) is 2.89. The van der Waals surface area contributed by atoms with Crippen molar-refractivity contribution in [3.63, 3.8) is 0 Å². The molecule has 0 aliphatic rings. The molecule has 0 bridgehead atoms. The summed E-state index contributed by atoms with van der Waals surface area (Å²) in [7, 11) is -2.25. The molecule has 3 aromatic rings. The van der Waals surface area contributed by atoms with Gasteiger partial charge in [-0.25, -0.2) is 8.42 Å². The lowest BCUT2D eigenvalue weighted by molar-refractivity contribution is -0.140. The van der Waals surface area contributed by atoms with Crippen molar-refractivity contribution in [3.8, 4) is 5.75 Å². The van der Waals surface area contributed by atoms with Crippen molar-refractivity contribution in [3.05, 3.63) is 72.3 Å². The fraction of sp³-hybridized carbons (Fsp3) is 0.357. The fourth-order valence-corrected chi connectivity index (χ4v) is 5.10. The molecule has 198 valence electrons. The van der Waals surface area contributed by atoms with Crippen LogP contribution in [0.15, 0.2) is 66.7 Å². The van der Waals surface area contributed by atoms with Crippen molar-refractivity contribution < 1.29 is 22.7 Å². The minimum atomic E-state index is -3.82. The van der Waals surface area contributed by atoms with E-state index in [0.29, 0.717) is 24.4 Å². The molecule has 2 amide bonds. The van der Waals surface area contributed by atoms with E-state index in [-0.39, 0.29) is 12.5 Å². The van der Waals surface area contributed by atoms with Gasteiger partial charge in [-0.3, -0.25) is 13.9 Å². The number of amides is 2. The second-order valence-corrected chi connectivity index (χ2v) is 10.8. The highest BCUT2D eigenvalue weighted by atomic mass is 32.2. The molecule has 0 aliphatic heterocycles. The van der Waals surface area contributed by atoms with Gasteiger partial charge < -0.3 is 15.0 Å². The van der Waals surface area contributed by atoms with Crippen molar-refractivity contribution in [1.82, 2.24) is 10.2 Å². The summed E-state index contributed by atoms with van der Waals surface area (Å²) in [5.74, 6) is -0.0523. The Bertz CT molecular complexity index is 1320. The van der Waals surface area contributed by atoms with Crippen LogP contribution in [0, 0.1) is 0 Å². The lowest BCUT2D eigenvalue weighted by Crippen LogP contribution is -2.52. The van der Waals surface area contributed by atoms with Gasteiger partial charge in [-0.1, -0.05) is 62.4 Å². The number of carbonyl (C=O) groups excluding carboxylic acids is 2. The molecule has 0 aliphatic carbocycles. The lowest BCUT2D eigenvalue weighted by atomic mass is 10.1. The summed E-state index contributed by atoms with van der Waals surface area (Å²) < 4.78 is 32.2. The van der Waals surface area contributed by atoms with Crippen molar-refractivity contribution >= 4 is 38.3 Å². The van der Waals surface area contributed by atoms with Crippen molar-refractivity contribution in [2.45, 2.75) is 39.3 Å². The van der Waals surface area contributed by atoms with E-state index in [9.17, 15) is 18.0 Å². The summed E-state index contributed by atoms with van der Waals surface area (Å²) >= 11 is 0. The third-order valence-electron chi connectivity index (χ3n) is 6.16. The minimum absolute atomic E-state index is 0.147. The Morgan fingerprint density at radius 2 is 1.65 bits per heavy atom. The molecule has 0 fully saturated rings. The molecule has 0 aromatic heterocycles. The van der Waals surface area contributed by atoms with Crippen LogP contribution in [-0.4, -0.2) is 57.6 Å². The summed E-state index contributed by atoms with van der Waals surface area (Å²) in [5.41, 5.74) is 1.22. The SMILES string of the molecule is CCCNC(=O)[C@H](CC)N(Cc1ccc(OC)cc1)C(=O)CN(c1cccc2ccccc12)S(C)(=O)=O. The third kappa shape index (κ3) is 7.01. The highest BCUT2D eigenvalue weighted by Gasteiger charge is 2.32. The first-order valence-corrected chi connectivity index (χ1v) is 14.2. The van der Waals surface area contributed by atoms with E-state index in [0.717, 1.165) is 33.3 Å². The molecule has 9 heteroatoms. The number of hydrogen-bond donors (Lipinski definition) is 1. The van der Waals surface area contributed by atoms with Crippen LogP contribution >= 0.6 is 0 Å². The summed E-state index contributed by atoms with van der Waals surface area (Å²) in [6.07, 6.45) is 2.23. The van der Waals surface area contributed by atoms with Crippen LogP contribution in [0.3, 0.4) is 0 Å². The molecule has 0 heterocycles. The zero-order chi connectivity index (χ0) is 27.0. The van der Waals surface area contributed by atoms with E-state index in [1.165, 1.54) is 4.90 Å². The molecule has 0 unspecified atom stereocenters. The van der Waals surface area contributed by atoms with E-state index in [1.54, 1.807) is 31.4 Å². The maximum atomic E-state index is 13.8. The molecule has 1 N–H and O–H groups in total. The third-order valence-corrected chi connectivity index (χ3v) is 7.29. The van der Waals surface area contributed by atoms with Crippen LogP contribution in [0.4, 0.5) is 5.69 Å². The minimum Gasteiger partial charge on any atom is -0.497 e. The normalized spacial score (nSPS) is 12.1. The van der Waals surface area contributed by atoms with Crippen LogP contribution < -0.4 is 14.4 Å². The van der Waals surface area contributed by atoms with Gasteiger partial charge in [0.05, 0.1) is 19.1 Å². The monoisotopic (exact) mass is 525 g/mol. The Morgan fingerprint density at radius 3 is 2.27 bits per heavy atom. The van der Waals surface area contributed by atoms with Crippen molar-refractivity contribution in [1.29, 1.82) is 0 Å². The smallest absolute Gasteiger partial charge is 0.244 e. The Hall–Kier alpha value is -3.59. The van der Waals surface area contributed by atoms with E-state index >= 15 is 0 Å². The quantitative estimate of drug-likeness (QED) is 0.386. The molecule has 37 heavy (non-hydrogen) atoms. The number of carbonyl (C=O) groups is 2. The fourth-order valence-electron chi connectivity index (χ4n) is 4.23. The summed E-state index contributed by atoms with van der Waals surface area (Å²) in [6, 6.07) is 19.2. The van der Waals surface area contributed by atoms with Gasteiger partial charge in [0.15, 0.2) is 0 Å². The van der Waals surface area contributed by atoms with Gasteiger partial charge in [-0.15, -0.1) is 0 Å². The Morgan fingerprint density at radius 1 is 0.973 bits per heavy atom. The molecule has 0 saturated heterocycles. The zero-order valence-electron chi connectivity index (χ0n) is 21.8. The van der Waals surface area contributed by atoms with Crippen molar-refractivity contribution in [2.24, 2.45) is 0 Å². The summed E-state index contributed by atoms with van der Waals surface area (Å²) in [5, 5.41) is 4.46. The molecule has 0 spiro atoms. The van der Waals surface area contributed by atoms with Gasteiger partial charge >= 0.3 is 0 Å². The second-order valence-electron chi connectivity index (χ2n) is 8.85. The van der Waals surface area contributed by atoms with Crippen LogP contribution in [0.1, 0.15) is 32.3 Å². The molecule has 1 atom stereocenters. The number of anilines is 1. The van der Waals surface area contributed by atoms with E-state index < -0.39 is 28.5 Å². The van der Waals surface area contributed by atoms with Gasteiger partial charge in [0.25, 0.3) is 0 Å². The Kier molecular flexibility index (Phi) is 9.52. The number of sulfonamides is 1. The van der Waals surface area contributed by atoms with Gasteiger partial charge in [0.1, 0.15) is 18.3 Å². The van der Waals surface area contributed by atoms with E-state index in [1.807, 2.05) is 56.3 Å². The molecule has 0 saturated carbocycles. The Labute approximate surface area is 219 Å². The highest BCUT2D eigenvalue weighted by Crippen LogP contribution is 2.29. The van der Waals surface area contributed by atoms with Gasteiger partial charge in [0.2, 0.25) is 21.8 Å². The molecular formula is C28H35N3O5S. The van der Waals surface area contributed by atoms with Crippen LogP contribution in [0.25, 0.3) is 10.8 Å². The zero-order valence-corrected chi connectivity index (χ0v) is 22.6. The highest BCUT2D eigenvalue weighted by molar-refractivity contribution is 7.92. The topological polar surface area (TPSA) is 96.0 Å². The van der Waals surface area contributed by atoms with Crippen LogP contribution in [0.5, 0.6) is 5.75 Å².